The maximum Gasteiger partial charge on any atom is 0.145 e. The third kappa shape index (κ3) is 7.16. The molecule has 0 saturated carbocycles. The molecule has 5 nitrogen and oxygen atoms in total. The van der Waals surface area contributed by atoms with Crippen molar-refractivity contribution in [3.63, 3.8) is 0 Å². The van der Waals surface area contributed by atoms with E-state index in [1.165, 1.54) is 0 Å². The molecular formula is C50H39N5. The first-order valence-corrected chi connectivity index (χ1v) is 18.6. The van der Waals surface area contributed by atoms with Gasteiger partial charge in [-0.05, 0) is 88.0 Å². The Kier molecular flexibility index (Phi) is 9.25. The molecule has 2 unspecified atom stereocenters. The summed E-state index contributed by atoms with van der Waals surface area (Å²) in [6.45, 7) is 0. The molecule has 0 bridgehead atoms. The van der Waals surface area contributed by atoms with Crippen molar-refractivity contribution in [2.75, 3.05) is 7.05 Å². The van der Waals surface area contributed by atoms with Crippen LogP contribution in [0.15, 0.2) is 205 Å². The van der Waals surface area contributed by atoms with Gasteiger partial charge in [-0.15, -0.1) is 0 Å². The molecule has 0 spiro atoms. The Morgan fingerprint density at radius 2 is 1.13 bits per heavy atom. The van der Waals surface area contributed by atoms with E-state index in [1.54, 1.807) is 0 Å². The maximum absolute atomic E-state index is 5.31. The summed E-state index contributed by atoms with van der Waals surface area (Å²) in [5, 5.41) is 3.66. The fourth-order valence-electron chi connectivity index (χ4n) is 7.35. The Morgan fingerprint density at radius 1 is 0.527 bits per heavy atom. The highest BCUT2D eigenvalue weighted by Gasteiger charge is 2.26. The molecule has 0 fully saturated rings. The predicted molar refractivity (Wildman–Crippen MR) is 226 cm³/mol. The summed E-state index contributed by atoms with van der Waals surface area (Å²) in [5.41, 5.74) is 14.8. The Balaban J connectivity index is 1.05. The van der Waals surface area contributed by atoms with E-state index in [0.717, 1.165) is 78.7 Å². The molecule has 264 valence electrons. The van der Waals surface area contributed by atoms with Gasteiger partial charge in [0.05, 0.1) is 34.5 Å². The number of allylic oxidation sites excluding steroid dienone is 3. The van der Waals surface area contributed by atoms with Crippen LogP contribution in [0.1, 0.15) is 45.8 Å². The van der Waals surface area contributed by atoms with Gasteiger partial charge in [0.2, 0.25) is 0 Å². The summed E-state index contributed by atoms with van der Waals surface area (Å²) in [4.78, 5) is 17.5. The second-order valence-electron chi connectivity index (χ2n) is 13.8. The number of nitrogens with one attached hydrogen (secondary N) is 1. The van der Waals surface area contributed by atoms with E-state index in [-0.39, 0.29) is 12.2 Å². The number of rotatable bonds is 8. The molecule has 0 aliphatic carbocycles. The SMILES string of the molecule is CN1C(c2ccccn2)=CC(c2ccccc2)=CC1c1cccc(-c2cccc(-c3cccc(C4=NC(c5ccccc5)NC(c5ccccc5)=C4)c3)c2)n1. The normalized spacial score (nSPS) is 16.6. The lowest BCUT2D eigenvalue weighted by atomic mass is 9.94. The van der Waals surface area contributed by atoms with Crippen LogP contribution in [0.25, 0.3) is 39.4 Å². The fourth-order valence-corrected chi connectivity index (χ4v) is 7.35. The number of likely N-dealkylation sites (N-methyl/N-ethyl adjacent to an activating group) is 1. The van der Waals surface area contributed by atoms with Crippen LogP contribution in [0.3, 0.4) is 0 Å². The Hall–Kier alpha value is -7.11. The highest BCUT2D eigenvalue weighted by molar-refractivity contribution is 6.13. The van der Waals surface area contributed by atoms with E-state index in [9.17, 15) is 0 Å². The van der Waals surface area contributed by atoms with E-state index in [2.05, 4.69) is 187 Å². The molecule has 2 atom stereocenters. The van der Waals surface area contributed by atoms with Crippen LogP contribution < -0.4 is 5.32 Å². The van der Waals surface area contributed by atoms with Gasteiger partial charge in [-0.3, -0.25) is 15.0 Å². The molecule has 1 N–H and O–H groups in total. The van der Waals surface area contributed by atoms with E-state index in [1.807, 2.05) is 30.5 Å². The van der Waals surface area contributed by atoms with E-state index < -0.39 is 0 Å². The fraction of sp³-hybridized carbons (Fsp3) is 0.0600. The third-order valence-corrected chi connectivity index (χ3v) is 10.2. The van der Waals surface area contributed by atoms with Gasteiger partial charge in [-0.25, -0.2) is 0 Å². The van der Waals surface area contributed by atoms with Gasteiger partial charge >= 0.3 is 0 Å². The van der Waals surface area contributed by atoms with Crippen LogP contribution in [0.2, 0.25) is 0 Å². The summed E-state index contributed by atoms with van der Waals surface area (Å²) in [6, 6.07) is 61.1. The lowest BCUT2D eigenvalue weighted by Crippen LogP contribution is -2.26. The first-order chi connectivity index (χ1) is 27.2. The zero-order valence-corrected chi connectivity index (χ0v) is 30.5. The molecule has 2 aromatic heterocycles. The molecule has 0 amide bonds. The Labute approximate surface area is 322 Å². The molecule has 2 aliphatic rings. The van der Waals surface area contributed by atoms with Gasteiger partial charge in [-0.1, -0.05) is 140 Å². The van der Waals surface area contributed by atoms with Crippen molar-refractivity contribution in [1.82, 2.24) is 20.2 Å². The van der Waals surface area contributed by atoms with E-state index >= 15 is 0 Å². The van der Waals surface area contributed by atoms with E-state index in [0.29, 0.717) is 0 Å². The highest BCUT2D eigenvalue weighted by atomic mass is 15.2. The third-order valence-electron chi connectivity index (χ3n) is 10.2. The van der Waals surface area contributed by atoms with Gasteiger partial charge in [0.15, 0.2) is 0 Å². The predicted octanol–water partition coefficient (Wildman–Crippen LogP) is 11.1. The lowest BCUT2D eigenvalue weighted by Gasteiger charge is -2.33. The van der Waals surface area contributed by atoms with Gasteiger partial charge in [0.1, 0.15) is 6.17 Å². The van der Waals surface area contributed by atoms with E-state index in [4.69, 9.17) is 15.0 Å². The summed E-state index contributed by atoms with van der Waals surface area (Å²) in [6.07, 6.45) is 8.35. The van der Waals surface area contributed by atoms with Crippen LogP contribution >= 0.6 is 0 Å². The van der Waals surface area contributed by atoms with Crippen molar-refractivity contribution < 1.29 is 0 Å². The van der Waals surface area contributed by atoms with Crippen molar-refractivity contribution in [2.45, 2.75) is 12.2 Å². The minimum Gasteiger partial charge on any atom is -0.361 e. The average Bonchev–Trinajstić information content (AvgIpc) is 3.27. The summed E-state index contributed by atoms with van der Waals surface area (Å²) in [5.74, 6) is 0. The van der Waals surface area contributed by atoms with Gasteiger partial charge in [0.25, 0.3) is 0 Å². The Bertz CT molecular complexity index is 2570. The summed E-state index contributed by atoms with van der Waals surface area (Å²) < 4.78 is 0. The van der Waals surface area contributed by atoms with Gasteiger partial charge in [-0.2, -0.15) is 0 Å². The number of hydrogen-bond donors (Lipinski definition) is 1. The number of nitrogens with zero attached hydrogens (tertiary/aromatic N) is 4. The van der Waals surface area contributed by atoms with Crippen molar-refractivity contribution in [2.24, 2.45) is 4.99 Å². The smallest absolute Gasteiger partial charge is 0.145 e. The molecule has 55 heavy (non-hydrogen) atoms. The number of aliphatic imine (C=N–C) groups is 1. The van der Waals surface area contributed by atoms with Crippen molar-refractivity contribution in [3.05, 3.63) is 234 Å². The standard InChI is InChI=1S/C50H39N5/c1-55-48(44-26-11-12-29-51-44)32-42(35-16-5-2-6-17-35)33-49(55)45-28-15-27-43(52-45)40-24-13-22-38(30-40)39-23-14-25-41(31-39)47-34-46(36-18-7-3-8-19-36)53-50(54-47)37-20-9-4-10-21-37/h2-34,49-50,53H,1H3. The molecule has 5 aromatic carbocycles. The average molecular weight is 710 g/mol. The van der Waals surface area contributed by atoms with Crippen LogP contribution in [0, 0.1) is 0 Å². The minimum atomic E-state index is -0.195. The monoisotopic (exact) mass is 709 g/mol. The van der Waals surface area contributed by atoms with Gasteiger partial charge in [0, 0.05) is 30.1 Å². The van der Waals surface area contributed by atoms with Crippen LogP contribution in [-0.4, -0.2) is 27.6 Å². The second-order valence-corrected chi connectivity index (χ2v) is 13.8. The molecule has 0 radical (unpaired) electrons. The van der Waals surface area contributed by atoms with Crippen LogP contribution in [0.4, 0.5) is 0 Å². The zero-order valence-electron chi connectivity index (χ0n) is 30.5. The van der Waals surface area contributed by atoms with Crippen molar-refractivity contribution >= 4 is 22.7 Å². The maximum atomic E-state index is 5.31. The molecule has 0 saturated heterocycles. The number of hydrogen-bond acceptors (Lipinski definition) is 5. The van der Waals surface area contributed by atoms with Crippen molar-refractivity contribution in [3.8, 4) is 22.4 Å². The second kappa shape index (κ2) is 15.1. The molecular weight excluding hydrogens is 671 g/mol. The largest absolute Gasteiger partial charge is 0.361 e. The molecule has 9 rings (SSSR count). The quantitative estimate of drug-likeness (QED) is 0.171. The summed E-state index contributed by atoms with van der Waals surface area (Å²) in [7, 11) is 2.12. The molecule has 2 aliphatic heterocycles. The number of benzene rings is 5. The van der Waals surface area contributed by atoms with Crippen LogP contribution in [0.5, 0.6) is 0 Å². The van der Waals surface area contributed by atoms with Gasteiger partial charge < -0.3 is 10.2 Å². The minimum absolute atomic E-state index is 0.0867. The number of pyridine rings is 2. The summed E-state index contributed by atoms with van der Waals surface area (Å²) >= 11 is 0. The zero-order chi connectivity index (χ0) is 37.0. The van der Waals surface area contributed by atoms with Crippen LogP contribution in [-0.2, 0) is 0 Å². The highest BCUT2D eigenvalue weighted by Crippen LogP contribution is 2.38. The van der Waals surface area contributed by atoms with Crippen molar-refractivity contribution in [1.29, 1.82) is 0 Å². The molecule has 5 heteroatoms. The molecule has 4 heterocycles. The first-order valence-electron chi connectivity index (χ1n) is 18.6. The lowest BCUT2D eigenvalue weighted by molar-refractivity contribution is 0.405. The first kappa shape index (κ1) is 33.7. The number of aromatic nitrogens is 2. The Morgan fingerprint density at radius 3 is 1.85 bits per heavy atom. The topological polar surface area (TPSA) is 53.4 Å². The molecule has 7 aromatic rings.